The van der Waals surface area contributed by atoms with Gasteiger partial charge in [0, 0.05) is 32.2 Å². The Morgan fingerprint density at radius 2 is 2.29 bits per heavy atom. The summed E-state index contributed by atoms with van der Waals surface area (Å²) in [4.78, 5) is 11.0. The summed E-state index contributed by atoms with van der Waals surface area (Å²) >= 11 is 0. The molecule has 3 N–H and O–H groups in total. The molecule has 0 aromatic rings. The standard InChI is InChI=1S/C12H22N2O3/c15-11(8-17-7-9-1-2-9)6-13-5-10-3-4-12(16)14-10/h9-11,13,15H,1-8H2,(H,14,16). The van der Waals surface area contributed by atoms with Crippen molar-refractivity contribution in [2.45, 2.75) is 37.8 Å². The highest BCUT2D eigenvalue weighted by Crippen LogP contribution is 2.28. The summed E-state index contributed by atoms with van der Waals surface area (Å²) in [5.74, 6) is 0.869. The zero-order valence-corrected chi connectivity index (χ0v) is 10.2. The van der Waals surface area contributed by atoms with Crippen molar-refractivity contribution in [1.29, 1.82) is 0 Å². The van der Waals surface area contributed by atoms with Crippen molar-refractivity contribution in [2.75, 3.05) is 26.3 Å². The van der Waals surface area contributed by atoms with Crippen LogP contribution in [-0.4, -0.2) is 49.5 Å². The van der Waals surface area contributed by atoms with Gasteiger partial charge in [-0.3, -0.25) is 4.79 Å². The van der Waals surface area contributed by atoms with E-state index in [0.717, 1.165) is 25.5 Å². The molecular formula is C12H22N2O3. The Hall–Kier alpha value is -0.650. The number of carbonyl (C=O) groups is 1. The van der Waals surface area contributed by atoms with Crippen LogP contribution in [0.5, 0.6) is 0 Å². The minimum Gasteiger partial charge on any atom is -0.389 e. The first kappa shape index (κ1) is 12.8. The first-order valence-corrected chi connectivity index (χ1v) is 6.50. The zero-order valence-electron chi connectivity index (χ0n) is 10.2. The average molecular weight is 242 g/mol. The normalized spacial score (nSPS) is 25.9. The molecule has 1 saturated heterocycles. The number of ether oxygens (including phenoxy) is 1. The summed E-state index contributed by atoms with van der Waals surface area (Å²) in [6.45, 7) is 2.44. The number of aliphatic hydroxyl groups is 1. The number of carbonyl (C=O) groups excluding carboxylic acids is 1. The van der Waals surface area contributed by atoms with Crippen molar-refractivity contribution in [3.63, 3.8) is 0 Å². The van der Waals surface area contributed by atoms with Crippen molar-refractivity contribution in [1.82, 2.24) is 10.6 Å². The molecule has 98 valence electrons. The summed E-state index contributed by atoms with van der Waals surface area (Å²) in [6.07, 6.45) is 3.61. The third-order valence-electron chi connectivity index (χ3n) is 3.22. The molecule has 1 amide bonds. The van der Waals surface area contributed by atoms with Crippen molar-refractivity contribution in [3.8, 4) is 0 Å². The summed E-state index contributed by atoms with van der Waals surface area (Å²) in [7, 11) is 0. The summed E-state index contributed by atoms with van der Waals surface area (Å²) in [5.41, 5.74) is 0. The fourth-order valence-electron chi connectivity index (χ4n) is 1.97. The number of rotatable bonds is 8. The predicted octanol–water partition coefficient (Wildman–Crippen LogP) is -0.358. The lowest BCUT2D eigenvalue weighted by Crippen LogP contribution is -2.39. The SMILES string of the molecule is O=C1CCC(CNCC(O)COCC2CC2)N1. The number of nitrogens with one attached hydrogen (secondary N) is 2. The van der Waals surface area contributed by atoms with Crippen LogP contribution in [0, 0.1) is 5.92 Å². The third-order valence-corrected chi connectivity index (χ3v) is 3.22. The van der Waals surface area contributed by atoms with Gasteiger partial charge in [-0.15, -0.1) is 0 Å². The molecule has 0 radical (unpaired) electrons. The van der Waals surface area contributed by atoms with E-state index in [4.69, 9.17) is 4.74 Å². The quantitative estimate of drug-likeness (QED) is 0.544. The zero-order chi connectivity index (χ0) is 12.1. The molecular weight excluding hydrogens is 220 g/mol. The molecule has 2 unspecified atom stereocenters. The van der Waals surface area contributed by atoms with E-state index in [9.17, 15) is 9.90 Å². The Bertz CT molecular complexity index is 256. The van der Waals surface area contributed by atoms with Crippen LogP contribution in [-0.2, 0) is 9.53 Å². The molecule has 5 heteroatoms. The Balaban J connectivity index is 1.44. The monoisotopic (exact) mass is 242 g/mol. The van der Waals surface area contributed by atoms with Crippen LogP contribution in [0.15, 0.2) is 0 Å². The maximum absolute atomic E-state index is 11.0. The Kier molecular flexibility index (Phi) is 4.76. The van der Waals surface area contributed by atoms with Gasteiger partial charge < -0.3 is 20.5 Å². The van der Waals surface area contributed by atoms with E-state index in [1.807, 2.05) is 0 Å². The van der Waals surface area contributed by atoms with Gasteiger partial charge in [0.2, 0.25) is 5.91 Å². The fraction of sp³-hybridized carbons (Fsp3) is 0.917. The second-order valence-corrected chi connectivity index (χ2v) is 5.10. The molecule has 0 aromatic carbocycles. The summed E-state index contributed by atoms with van der Waals surface area (Å²) in [5, 5.41) is 15.7. The Morgan fingerprint density at radius 1 is 1.47 bits per heavy atom. The van der Waals surface area contributed by atoms with Gasteiger partial charge >= 0.3 is 0 Å². The van der Waals surface area contributed by atoms with Crippen molar-refractivity contribution >= 4 is 5.91 Å². The average Bonchev–Trinajstić information content (AvgIpc) is 3.02. The van der Waals surface area contributed by atoms with E-state index in [-0.39, 0.29) is 11.9 Å². The van der Waals surface area contributed by atoms with Crippen LogP contribution < -0.4 is 10.6 Å². The van der Waals surface area contributed by atoms with Gasteiger partial charge in [0.15, 0.2) is 0 Å². The number of hydrogen-bond donors (Lipinski definition) is 3. The van der Waals surface area contributed by atoms with Gasteiger partial charge in [-0.2, -0.15) is 0 Å². The van der Waals surface area contributed by atoms with Crippen LogP contribution in [0.4, 0.5) is 0 Å². The van der Waals surface area contributed by atoms with E-state index >= 15 is 0 Å². The minimum absolute atomic E-state index is 0.130. The van der Waals surface area contributed by atoms with E-state index in [1.165, 1.54) is 12.8 Å². The number of hydrogen-bond acceptors (Lipinski definition) is 4. The maximum Gasteiger partial charge on any atom is 0.220 e. The van der Waals surface area contributed by atoms with Gasteiger partial charge in [-0.05, 0) is 25.2 Å². The molecule has 1 aliphatic carbocycles. The predicted molar refractivity (Wildman–Crippen MR) is 63.6 cm³/mol. The highest BCUT2D eigenvalue weighted by molar-refractivity contribution is 5.78. The first-order chi connectivity index (χ1) is 8.24. The maximum atomic E-state index is 11.0. The molecule has 0 bridgehead atoms. The van der Waals surface area contributed by atoms with Crippen molar-refractivity contribution < 1.29 is 14.6 Å². The Morgan fingerprint density at radius 3 is 2.94 bits per heavy atom. The molecule has 5 nitrogen and oxygen atoms in total. The first-order valence-electron chi connectivity index (χ1n) is 6.50. The van der Waals surface area contributed by atoms with Crippen LogP contribution in [0.1, 0.15) is 25.7 Å². The number of amides is 1. The summed E-state index contributed by atoms with van der Waals surface area (Å²) in [6, 6.07) is 0.224. The van der Waals surface area contributed by atoms with Crippen LogP contribution in [0.3, 0.4) is 0 Å². The minimum atomic E-state index is -0.453. The van der Waals surface area contributed by atoms with Crippen LogP contribution in [0.25, 0.3) is 0 Å². The van der Waals surface area contributed by atoms with Crippen LogP contribution >= 0.6 is 0 Å². The molecule has 1 saturated carbocycles. The van der Waals surface area contributed by atoms with Gasteiger partial charge in [-0.1, -0.05) is 0 Å². The molecule has 0 spiro atoms. The van der Waals surface area contributed by atoms with E-state index in [0.29, 0.717) is 19.6 Å². The van der Waals surface area contributed by atoms with Gasteiger partial charge in [0.05, 0.1) is 12.7 Å². The highest BCUT2D eigenvalue weighted by atomic mass is 16.5. The lowest BCUT2D eigenvalue weighted by molar-refractivity contribution is -0.119. The third kappa shape index (κ3) is 5.02. The van der Waals surface area contributed by atoms with E-state index in [2.05, 4.69) is 10.6 Å². The second kappa shape index (κ2) is 6.33. The van der Waals surface area contributed by atoms with Gasteiger partial charge in [0.25, 0.3) is 0 Å². The lowest BCUT2D eigenvalue weighted by atomic mass is 10.2. The smallest absolute Gasteiger partial charge is 0.220 e. The van der Waals surface area contributed by atoms with E-state index < -0.39 is 6.10 Å². The van der Waals surface area contributed by atoms with Crippen LogP contribution in [0.2, 0.25) is 0 Å². The lowest BCUT2D eigenvalue weighted by Gasteiger charge is -2.15. The number of aliphatic hydroxyl groups excluding tert-OH is 1. The van der Waals surface area contributed by atoms with Crippen molar-refractivity contribution in [2.24, 2.45) is 5.92 Å². The molecule has 2 rings (SSSR count). The molecule has 0 aromatic heterocycles. The largest absolute Gasteiger partial charge is 0.389 e. The molecule has 1 heterocycles. The molecule has 2 fully saturated rings. The fourth-order valence-corrected chi connectivity index (χ4v) is 1.97. The molecule has 2 aliphatic rings. The second-order valence-electron chi connectivity index (χ2n) is 5.10. The Labute approximate surface area is 102 Å². The van der Waals surface area contributed by atoms with Crippen molar-refractivity contribution in [3.05, 3.63) is 0 Å². The molecule has 2 atom stereocenters. The van der Waals surface area contributed by atoms with Gasteiger partial charge in [-0.25, -0.2) is 0 Å². The molecule has 1 aliphatic heterocycles. The van der Waals surface area contributed by atoms with E-state index in [1.54, 1.807) is 0 Å². The molecule has 17 heavy (non-hydrogen) atoms. The summed E-state index contributed by atoms with van der Waals surface area (Å²) < 4.78 is 5.40. The topological polar surface area (TPSA) is 70.6 Å². The highest BCUT2D eigenvalue weighted by Gasteiger charge is 2.22. The van der Waals surface area contributed by atoms with Gasteiger partial charge in [0.1, 0.15) is 0 Å².